The molecular weight excluding hydrogens is 316 g/mol. The fraction of sp³-hybridized carbons (Fsp3) is 0.100. The Hall–Kier alpha value is -3.34. The number of carbonyl (C=O) groups is 1. The van der Waals surface area contributed by atoms with E-state index in [0.717, 1.165) is 21.9 Å². The molecule has 5 heteroatoms. The number of nitrogens with zero attached hydrogens (tertiary/aromatic N) is 1. The highest BCUT2D eigenvalue weighted by atomic mass is 16.4. The van der Waals surface area contributed by atoms with Gasteiger partial charge in [0.25, 0.3) is 5.91 Å². The van der Waals surface area contributed by atoms with Crippen LogP contribution in [0.5, 0.6) is 0 Å². The Morgan fingerprint density at radius 2 is 1.88 bits per heavy atom. The molecule has 2 aromatic carbocycles. The maximum Gasteiger partial charge on any atom is 0.349 e. The summed E-state index contributed by atoms with van der Waals surface area (Å²) in [6.07, 6.45) is 1.89. The van der Waals surface area contributed by atoms with Crippen LogP contribution < -0.4 is 5.63 Å². The van der Waals surface area contributed by atoms with Crippen molar-refractivity contribution in [3.63, 3.8) is 0 Å². The number of aromatic nitrogens is 1. The quantitative estimate of drug-likeness (QED) is 0.584. The van der Waals surface area contributed by atoms with E-state index in [1.54, 1.807) is 25.2 Å². The Bertz CT molecular complexity index is 1140. The SMILES string of the molecule is CN(Cc1c[nH]c2ccccc12)C(=O)c1cc2ccccc2oc1=O. The van der Waals surface area contributed by atoms with Crippen molar-refractivity contribution >= 4 is 27.8 Å². The van der Waals surface area contributed by atoms with Crippen molar-refractivity contribution in [3.8, 4) is 0 Å². The summed E-state index contributed by atoms with van der Waals surface area (Å²) in [6, 6.07) is 16.6. The largest absolute Gasteiger partial charge is 0.422 e. The van der Waals surface area contributed by atoms with Gasteiger partial charge < -0.3 is 14.3 Å². The smallest absolute Gasteiger partial charge is 0.349 e. The Balaban J connectivity index is 1.66. The minimum atomic E-state index is -0.616. The zero-order valence-electron chi connectivity index (χ0n) is 13.7. The molecule has 0 unspecified atom stereocenters. The van der Waals surface area contributed by atoms with Crippen molar-refractivity contribution in [2.75, 3.05) is 7.05 Å². The number of nitrogens with one attached hydrogen (secondary N) is 1. The molecule has 0 spiro atoms. The van der Waals surface area contributed by atoms with Crippen LogP contribution in [0.4, 0.5) is 0 Å². The highest BCUT2D eigenvalue weighted by molar-refractivity contribution is 5.96. The lowest BCUT2D eigenvalue weighted by molar-refractivity contribution is 0.0781. The molecule has 2 aromatic heterocycles. The van der Waals surface area contributed by atoms with Crippen LogP contribution in [-0.2, 0) is 6.54 Å². The van der Waals surface area contributed by atoms with Crippen LogP contribution in [0.2, 0.25) is 0 Å². The first kappa shape index (κ1) is 15.2. The summed E-state index contributed by atoms with van der Waals surface area (Å²) in [4.78, 5) is 29.6. The van der Waals surface area contributed by atoms with Gasteiger partial charge in [-0.15, -0.1) is 0 Å². The Morgan fingerprint density at radius 3 is 2.76 bits per heavy atom. The lowest BCUT2D eigenvalue weighted by Gasteiger charge is -2.16. The molecule has 0 bridgehead atoms. The Labute approximate surface area is 143 Å². The molecule has 0 aliphatic heterocycles. The molecule has 1 amide bonds. The summed E-state index contributed by atoms with van der Waals surface area (Å²) in [5, 5.41) is 1.79. The predicted molar refractivity (Wildman–Crippen MR) is 96.6 cm³/mol. The van der Waals surface area contributed by atoms with E-state index in [1.807, 2.05) is 42.6 Å². The van der Waals surface area contributed by atoms with Gasteiger partial charge in [-0.25, -0.2) is 4.79 Å². The lowest BCUT2D eigenvalue weighted by Crippen LogP contribution is -2.30. The van der Waals surface area contributed by atoms with E-state index in [2.05, 4.69) is 4.98 Å². The van der Waals surface area contributed by atoms with E-state index in [4.69, 9.17) is 4.42 Å². The van der Waals surface area contributed by atoms with Gasteiger partial charge in [0.05, 0.1) is 0 Å². The van der Waals surface area contributed by atoms with E-state index >= 15 is 0 Å². The van der Waals surface area contributed by atoms with Crippen molar-refractivity contribution in [2.24, 2.45) is 0 Å². The van der Waals surface area contributed by atoms with Crippen LogP contribution in [0.25, 0.3) is 21.9 Å². The second-order valence-corrected chi connectivity index (χ2v) is 6.01. The molecule has 0 radical (unpaired) electrons. The fourth-order valence-electron chi connectivity index (χ4n) is 3.01. The summed E-state index contributed by atoms with van der Waals surface area (Å²) < 4.78 is 5.26. The van der Waals surface area contributed by atoms with Crippen LogP contribution in [0.3, 0.4) is 0 Å². The predicted octanol–water partition coefficient (Wildman–Crippen LogP) is 3.55. The van der Waals surface area contributed by atoms with Crippen molar-refractivity contribution in [1.82, 2.24) is 9.88 Å². The average molecular weight is 332 g/mol. The molecule has 0 atom stereocenters. The van der Waals surface area contributed by atoms with Gasteiger partial charge in [0.2, 0.25) is 0 Å². The second kappa shape index (κ2) is 5.94. The molecule has 4 aromatic rings. The van der Waals surface area contributed by atoms with E-state index in [0.29, 0.717) is 12.1 Å². The van der Waals surface area contributed by atoms with Crippen LogP contribution in [-0.4, -0.2) is 22.8 Å². The zero-order chi connectivity index (χ0) is 17.4. The first-order chi connectivity index (χ1) is 12.1. The summed E-state index contributed by atoms with van der Waals surface area (Å²) in [5.41, 5.74) is 1.92. The maximum atomic E-state index is 12.7. The minimum Gasteiger partial charge on any atom is -0.422 e. The maximum absolute atomic E-state index is 12.7. The summed E-state index contributed by atoms with van der Waals surface area (Å²) in [6.45, 7) is 0.398. The average Bonchev–Trinajstić information content (AvgIpc) is 3.03. The van der Waals surface area contributed by atoms with Crippen LogP contribution in [0.1, 0.15) is 15.9 Å². The van der Waals surface area contributed by atoms with Gasteiger partial charge in [-0.3, -0.25) is 4.79 Å². The third-order valence-electron chi connectivity index (χ3n) is 4.30. The van der Waals surface area contributed by atoms with E-state index in [9.17, 15) is 9.59 Å². The minimum absolute atomic E-state index is 0.0426. The van der Waals surface area contributed by atoms with E-state index < -0.39 is 5.63 Å². The standard InChI is InChI=1S/C20H16N2O3/c1-22(12-14-11-21-17-8-4-3-7-15(14)17)19(23)16-10-13-6-2-5-9-18(13)25-20(16)24/h2-11,21H,12H2,1H3. The van der Waals surface area contributed by atoms with E-state index in [1.165, 1.54) is 4.90 Å². The topological polar surface area (TPSA) is 66.3 Å². The molecule has 124 valence electrons. The number of aromatic amines is 1. The van der Waals surface area contributed by atoms with Gasteiger partial charge in [-0.05, 0) is 23.8 Å². The van der Waals surface area contributed by atoms with Gasteiger partial charge in [-0.2, -0.15) is 0 Å². The molecule has 0 aliphatic rings. The number of amides is 1. The highest BCUT2D eigenvalue weighted by Crippen LogP contribution is 2.20. The number of hydrogen-bond donors (Lipinski definition) is 1. The van der Waals surface area contributed by atoms with Crippen LogP contribution in [0, 0.1) is 0 Å². The molecule has 0 aliphatic carbocycles. The van der Waals surface area contributed by atoms with Gasteiger partial charge in [-0.1, -0.05) is 36.4 Å². The monoisotopic (exact) mass is 332 g/mol. The molecule has 0 fully saturated rings. The first-order valence-corrected chi connectivity index (χ1v) is 7.97. The van der Waals surface area contributed by atoms with Crippen molar-refractivity contribution in [1.29, 1.82) is 0 Å². The van der Waals surface area contributed by atoms with Gasteiger partial charge in [0.15, 0.2) is 0 Å². The summed E-state index contributed by atoms with van der Waals surface area (Å²) in [5.74, 6) is -0.357. The van der Waals surface area contributed by atoms with Gasteiger partial charge >= 0.3 is 5.63 Å². The first-order valence-electron chi connectivity index (χ1n) is 7.97. The highest BCUT2D eigenvalue weighted by Gasteiger charge is 2.19. The fourth-order valence-corrected chi connectivity index (χ4v) is 3.01. The molecule has 5 nitrogen and oxygen atoms in total. The third-order valence-corrected chi connectivity index (χ3v) is 4.30. The number of hydrogen-bond acceptors (Lipinski definition) is 3. The number of rotatable bonds is 3. The molecule has 0 saturated carbocycles. The lowest BCUT2D eigenvalue weighted by atomic mass is 10.1. The van der Waals surface area contributed by atoms with Crippen LogP contribution in [0.15, 0.2) is 70.0 Å². The van der Waals surface area contributed by atoms with Crippen molar-refractivity contribution < 1.29 is 9.21 Å². The van der Waals surface area contributed by atoms with Crippen molar-refractivity contribution in [3.05, 3.63) is 82.3 Å². The Morgan fingerprint density at radius 1 is 1.12 bits per heavy atom. The normalized spacial score (nSPS) is 11.1. The summed E-state index contributed by atoms with van der Waals surface area (Å²) >= 11 is 0. The number of fused-ring (bicyclic) bond motifs is 2. The van der Waals surface area contributed by atoms with Gasteiger partial charge in [0, 0.05) is 36.1 Å². The molecule has 1 N–H and O–H groups in total. The third kappa shape index (κ3) is 2.70. The second-order valence-electron chi connectivity index (χ2n) is 6.01. The molecule has 4 rings (SSSR count). The number of benzene rings is 2. The molecule has 2 heterocycles. The number of para-hydroxylation sites is 2. The molecule has 0 saturated heterocycles. The molecular formula is C20H16N2O3. The summed E-state index contributed by atoms with van der Waals surface area (Å²) in [7, 11) is 1.68. The number of H-pyrrole nitrogens is 1. The van der Waals surface area contributed by atoms with E-state index in [-0.39, 0.29) is 11.5 Å². The molecule has 25 heavy (non-hydrogen) atoms. The zero-order valence-corrected chi connectivity index (χ0v) is 13.7. The van der Waals surface area contributed by atoms with Crippen LogP contribution >= 0.6 is 0 Å². The van der Waals surface area contributed by atoms with Crippen molar-refractivity contribution in [2.45, 2.75) is 6.54 Å². The van der Waals surface area contributed by atoms with Gasteiger partial charge in [0.1, 0.15) is 11.1 Å². The number of carbonyl (C=O) groups excluding carboxylic acids is 1. The Kier molecular flexibility index (Phi) is 3.61.